The van der Waals surface area contributed by atoms with Crippen molar-refractivity contribution < 1.29 is 9.84 Å². The van der Waals surface area contributed by atoms with Gasteiger partial charge in [0.1, 0.15) is 0 Å². The lowest BCUT2D eigenvalue weighted by Gasteiger charge is -2.29. The standard InChI is InChI=1S/C14H19NO2/c15-7-1-2-9-3-4-10-5-6-12(16)14-13(10)11(9)8-17-14/h5-6,9,11,16H,1-4,7-8,15H2. The van der Waals surface area contributed by atoms with Crippen LogP contribution in [0.2, 0.25) is 0 Å². The SMILES string of the molecule is NCCCC1CCc2ccc(O)c3c2C1CO3. The van der Waals surface area contributed by atoms with E-state index in [1.807, 2.05) is 0 Å². The van der Waals surface area contributed by atoms with Gasteiger partial charge in [-0.25, -0.2) is 0 Å². The topological polar surface area (TPSA) is 55.5 Å². The molecule has 1 aromatic carbocycles. The van der Waals surface area contributed by atoms with E-state index < -0.39 is 0 Å². The molecule has 0 spiro atoms. The van der Waals surface area contributed by atoms with E-state index >= 15 is 0 Å². The number of phenolic OH excluding ortho intramolecular Hbond substituents is 1. The molecule has 3 heteroatoms. The van der Waals surface area contributed by atoms with Crippen molar-refractivity contribution in [1.82, 2.24) is 0 Å². The largest absolute Gasteiger partial charge is 0.504 e. The van der Waals surface area contributed by atoms with Gasteiger partial charge in [-0.15, -0.1) is 0 Å². The van der Waals surface area contributed by atoms with Crippen LogP contribution in [0, 0.1) is 5.92 Å². The average molecular weight is 233 g/mol. The molecule has 0 saturated heterocycles. The minimum Gasteiger partial charge on any atom is -0.504 e. The molecular weight excluding hydrogens is 214 g/mol. The molecule has 0 fully saturated rings. The average Bonchev–Trinajstić information content (AvgIpc) is 2.79. The molecule has 1 heterocycles. The molecule has 0 bridgehead atoms. The Labute approximate surface area is 102 Å². The van der Waals surface area contributed by atoms with Crippen LogP contribution in [0.3, 0.4) is 0 Å². The Morgan fingerprint density at radius 2 is 2.29 bits per heavy atom. The number of aryl methyl sites for hydroxylation is 1. The Morgan fingerprint density at radius 3 is 3.12 bits per heavy atom. The van der Waals surface area contributed by atoms with Crippen molar-refractivity contribution in [3.63, 3.8) is 0 Å². The first-order valence-electron chi connectivity index (χ1n) is 6.49. The lowest BCUT2D eigenvalue weighted by molar-refractivity contribution is 0.260. The Morgan fingerprint density at radius 1 is 1.41 bits per heavy atom. The van der Waals surface area contributed by atoms with Gasteiger partial charge < -0.3 is 15.6 Å². The first-order valence-corrected chi connectivity index (χ1v) is 6.49. The highest BCUT2D eigenvalue weighted by molar-refractivity contribution is 5.55. The molecule has 3 rings (SSSR count). The monoisotopic (exact) mass is 233 g/mol. The van der Waals surface area contributed by atoms with Crippen molar-refractivity contribution in [3.05, 3.63) is 23.3 Å². The molecule has 2 atom stereocenters. The summed E-state index contributed by atoms with van der Waals surface area (Å²) < 4.78 is 5.68. The fourth-order valence-electron chi connectivity index (χ4n) is 3.30. The second-order valence-electron chi connectivity index (χ2n) is 5.13. The third kappa shape index (κ3) is 1.69. The van der Waals surface area contributed by atoms with Crippen molar-refractivity contribution in [1.29, 1.82) is 0 Å². The summed E-state index contributed by atoms with van der Waals surface area (Å²) in [5, 5.41) is 9.81. The fourth-order valence-corrected chi connectivity index (χ4v) is 3.30. The number of phenols is 1. The summed E-state index contributed by atoms with van der Waals surface area (Å²) in [4.78, 5) is 0. The van der Waals surface area contributed by atoms with Crippen molar-refractivity contribution in [2.75, 3.05) is 13.2 Å². The number of rotatable bonds is 3. The summed E-state index contributed by atoms with van der Waals surface area (Å²) in [7, 11) is 0. The zero-order valence-electron chi connectivity index (χ0n) is 9.98. The second-order valence-corrected chi connectivity index (χ2v) is 5.13. The van der Waals surface area contributed by atoms with Crippen LogP contribution in [0.25, 0.3) is 0 Å². The molecule has 1 aromatic rings. The summed E-state index contributed by atoms with van der Waals surface area (Å²) >= 11 is 0. The van der Waals surface area contributed by atoms with Crippen LogP contribution in [0.1, 0.15) is 36.3 Å². The highest BCUT2D eigenvalue weighted by Gasteiger charge is 2.37. The molecule has 0 aromatic heterocycles. The number of benzene rings is 1. The Bertz CT molecular complexity index is 430. The fraction of sp³-hybridized carbons (Fsp3) is 0.571. The van der Waals surface area contributed by atoms with Crippen molar-refractivity contribution in [2.24, 2.45) is 11.7 Å². The summed E-state index contributed by atoms with van der Waals surface area (Å²) in [6.45, 7) is 1.50. The third-order valence-corrected chi connectivity index (χ3v) is 4.18. The Kier molecular flexibility index (Phi) is 2.71. The third-order valence-electron chi connectivity index (χ3n) is 4.18. The highest BCUT2D eigenvalue weighted by Crippen LogP contribution is 2.50. The van der Waals surface area contributed by atoms with Crippen molar-refractivity contribution >= 4 is 0 Å². The van der Waals surface area contributed by atoms with E-state index in [-0.39, 0.29) is 0 Å². The number of aromatic hydroxyl groups is 1. The lowest BCUT2D eigenvalue weighted by Crippen LogP contribution is -2.21. The molecule has 0 saturated carbocycles. The van der Waals surface area contributed by atoms with Crippen molar-refractivity contribution in [3.8, 4) is 11.5 Å². The normalized spacial score (nSPS) is 25.5. The van der Waals surface area contributed by atoms with E-state index in [9.17, 15) is 5.11 Å². The van der Waals surface area contributed by atoms with E-state index in [0.717, 1.165) is 31.7 Å². The molecule has 2 unspecified atom stereocenters. The quantitative estimate of drug-likeness (QED) is 0.841. The summed E-state index contributed by atoms with van der Waals surface area (Å²) in [6.07, 6.45) is 4.60. The number of hydrogen-bond donors (Lipinski definition) is 2. The smallest absolute Gasteiger partial charge is 0.164 e. The second kappa shape index (κ2) is 4.22. The van der Waals surface area contributed by atoms with Gasteiger partial charge in [-0.05, 0) is 49.8 Å². The van der Waals surface area contributed by atoms with E-state index in [0.29, 0.717) is 17.6 Å². The number of hydrogen-bond acceptors (Lipinski definition) is 3. The van der Waals surface area contributed by atoms with Crippen LogP contribution in [-0.4, -0.2) is 18.3 Å². The first kappa shape index (κ1) is 10.9. The van der Waals surface area contributed by atoms with E-state index in [1.165, 1.54) is 24.0 Å². The van der Waals surface area contributed by atoms with E-state index in [1.54, 1.807) is 6.07 Å². The van der Waals surface area contributed by atoms with Crippen LogP contribution < -0.4 is 10.5 Å². The molecule has 3 N–H and O–H groups in total. The maximum atomic E-state index is 9.81. The lowest BCUT2D eigenvalue weighted by atomic mass is 9.74. The van der Waals surface area contributed by atoms with Gasteiger partial charge in [0, 0.05) is 11.5 Å². The van der Waals surface area contributed by atoms with Gasteiger partial charge in [0.15, 0.2) is 11.5 Å². The van der Waals surface area contributed by atoms with Gasteiger partial charge in [0.05, 0.1) is 6.61 Å². The first-order chi connectivity index (χ1) is 8.31. The zero-order valence-corrected chi connectivity index (χ0v) is 9.98. The molecule has 92 valence electrons. The highest BCUT2D eigenvalue weighted by atomic mass is 16.5. The predicted molar refractivity (Wildman–Crippen MR) is 66.4 cm³/mol. The molecule has 0 amide bonds. The van der Waals surface area contributed by atoms with Gasteiger partial charge in [0.25, 0.3) is 0 Å². The molecular formula is C14H19NO2. The Hall–Kier alpha value is -1.22. The van der Waals surface area contributed by atoms with Gasteiger partial charge in [0.2, 0.25) is 0 Å². The van der Waals surface area contributed by atoms with Crippen LogP contribution in [0.4, 0.5) is 0 Å². The minimum absolute atomic E-state index is 0.297. The summed E-state index contributed by atoms with van der Waals surface area (Å²) in [5.74, 6) is 2.19. The van der Waals surface area contributed by atoms with Crippen molar-refractivity contribution in [2.45, 2.75) is 31.6 Å². The molecule has 1 aliphatic heterocycles. The molecule has 3 nitrogen and oxygen atoms in total. The number of ether oxygens (including phenoxy) is 1. The molecule has 1 aliphatic carbocycles. The zero-order chi connectivity index (χ0) is 11.8. The summed E-state index contributed by atoms with van der Waals surface area (Å²) in [5.41, 5.74) is 8.23. The predicted octanol–water partition coefficient (Wildman–Crippen LogP) is 2.17. The van der Waals surface area contributed by atoms with Crippen LogP contribution in [0.5, 0.6) is 11.5 Å². The Balaban J connectivity index is 1.92. The minimum atomic E-state index is 0.297. The van der Waals surface area contributed by atoms with Gasteiger partial charge >= 0.3 is 0 Å². The van der Waals surface area contributed by atoms with Gasteiger partial charge in [-0.1, -0.05) is 6.07 Å². The van der Waals surface area contributed by atoms with Gasteiger partial charge in [-0.3, -0.25) is 0 Å². The number of nitrogens with two attached hydrogens (primary N) is 1. The van der Waals surface area contributed by atoms with Crippen LogP contribution >= 0.6 is 0 Å². The van der Waals surface area contributed by atoms with E-state index in [4.69, 9.17) is 10.5 Å². The maximum Gasteiger partial charge on any atom is 0.164 e. The van der Waals surface area contributed by atoms with Gasteiger partial charge in [-0.2, -0.15) is 0 Å². The van der Waals surface area contributed by atoms with Crippen LogP contribution in [0.15, 0.2) is 12.1 Å². The summed E-state index contributed by atoms with van der Waals surface area (Å²) in [6, 6.07) is 3.81. The molecule has 2 aliphatic rings. The maximum absolute atomic E-state index is 9.81. The van der Waals surface area contributed by atoms with E-state index in [2.05, 4.69) is 6.07 Å². The molecule has 17 heavy (non-hydrogen) atoms. The van der Waals surface area contributed by atoms with Crippen LogP contribution in [-0.2, 0) is 6.42 Å². The molecule has 0 radical (unpaired) electrons.